The van der Waals surface area contributed by atoms with Gasteiger partial charge in [0.25, 0.3) is 15.9 Å². The van der Waals surface area contributed by atoms with Crippen LogP contribution in [0.5, 0.6) is 0 Å². The highest BCUT2D eigenvalue weighted by atomic mass is 35.5. The molecule has 0 unspecified atom stereocenters. The summed E-state index contributed by atoms with van der Waals surface area (Å²) >= 11 is 6.20. The average molecular weight is 562 g/mol. The summed E-state index contributed by atoms with van der Waals surface area (Å²) in [5, 5.41) is 2.65. The molecule has 1 aliphatic rings. The quantitative estimate of drug-likeness (QED) is 0.412. The van der Waals surface area contributed by atoms with Crippen molar-refractivity contribution in [3.8, 4) is 0 Å². The molecule has 3 aromatic rings. The Labute approximate surface area is 222 Å². The van der Waals surface area contributed by atoms with E-state index in [1.807, 2.05) is 19.1 Å². The molecule has 3 aromatic carbocycles. The molecule has 11 heteroatoms. The highest BCUT2D eigenvalue weighted by Gasteiger charge is 2.26. The van der Waals surface area contributed by atoms with Gasteiger partial charge in [0.1, 0.15) is 4.90 Å². The van der Waals surface area contributed by atoms with Gasteiger partial charge in [0.15, 0.2) is 0 Å². The number of aryl methyl sites for hydroxylation is 2. The van der Waals surface area contributed by atoms with Crippen LogP contribution in [0, 0.1) is 13.8 Å². The van der Waals surface area contributed by atoms with Crippen LogP contribution in [0.15, 0.2) is 70.5 Å². The summed E-state index contributed by atoms with van der Waals surface area (Å²) in [4.78, 5) is 12.8. The predicted octanol–water partition coefficient (Wildman–Crippen LogP) is 5.18. The lowest BCUT2D eigenvalue weighted by atomic mass is 10.1. The van der Waals surface area contributed by atoms with Crippen LogP contribution in [0.2, 0.25) is 5.02 Å². The summed E-state index contributed by atoms with van der Waals surface area (Å²) in [5.74, 6) is -0.563. The van der Waals surface area contributed by atoms with Crippen LogP contribution in [0.3, 0.4) is 0 Å². The summed E-state index contributed by atoms with van der Waals surface area (Å²) in [6.45, 7) is 4.64. The van der Waals surface area contributed by atoms with E-state index in [1.54, 1.807) is 13.0 Å². The van der Waals surface area contributed by atoms with E-state index in [-0.39, 0.29) is 20.4 Å². The normalized spacial score (nSPS) is 14.8. The van der Waals surface area contributed by atoms with Gasteiger partial charge in [-0.2, -0.15) is 4.31 Å². The van der Waals surface area contributed by atoms with E-state index in [0.717, 1.165) is 30.4 Å². The second-order valence-corrected chi connectivity index (χ2v) is 13.0. The highest BCUT2D eigenvalue weighted by Crippen LogP contribution is 2.28. The maximum absolute atomic E-state index is 13.1. The summed E-state index contributed by atoms with van der Waals surface area (Å²) in [6, 6.07) is 15.3. The van der Waals surface area contributed by atoms with Gasteiger partial charge in [-0.1, -0.05) is 30.2 Å². The van der Waals surface area contributed by atoms with Gasteiger partial charge in [-0.05, 0) is 86.3 Å². The van der Waals surface area contributed by atoms with Crippen LogP contribution in [0.4, 0.5) is 11.4 Å². The number of rotatable bonds is 7. The molecule has 0 radical (unpaired) electrons. The van der Waals surface area contributed by atoms with Crippen molar-refractivity contribution < 1.29 is 21.6 Å². The Hall–Kier alpha value is -2.92. The van der Waals surface area contributed by atoms with E-state index in [9.17, 15) is 21.6 Å². The third-order valence-corrected chi connectivity index (χ3v) is 9.95. The fourth-order valence-electron chi connectivity index (χ4n) is 4.06. The number of anilines is 2. The molecule has 1 fully saturated rings. The third kappa shape index (κ3) is 6.15. The van der Waals surface area contributed by atoms with E-state index in [4.69, 9.17) is 11.6 Å². The van der Waals surface area contributed by atoms with Gasteiger partial charge in [-0.25, -0.2) is 16.8 Å². The molecule has 0 bridgehead atoms. The van der Waals surface area contributed by atoms with Gasteiger partial charge in [-0.15, -0.1) is 0 Å². The minimum Gasteiger partial charge on any atom is -0.322 e. The maximum Gasteiger partial charge on any atom is 0.263 e. The number of nitrogens with zero attached hydrogens (tertiary/aromatic N) is 1. The molecule has 8 nitrogen and oxygen atoms in total. The molecule has 2 N–H and O–H groups in total. The summed E-state index contributed by atoms with van der Waals surface area (Å²) in [6.07, 6.45) is 2.70. The molecule has 37 heavy (non-hydrogen) atoms. The minimum atomic E-state index is -4.08. The fraction of sp³-hybridized carbons (Fsp3) is 0.269. The number of amides is 1. The zero-order chi connectivity index (χ0) is 26.8. The number of halogens is 1. The Morgan fingerprint density at radius 1 is 0.865 bits per heavy atom. The predicted molar refractivity (Wildman–Crippen MR) is 145 cm³/mol. The molecule has 0 spiro atoms. The van der Waals surface area contributed by atoms with Crippen LogP contribution in [-0.4, -0.2) is 40.1 Å². The van der Waals surface area contributed by atoms with Gasteiger partial charge in [0, 0.05) is 24.3 Å². The van der Waals surface area contributed by atoms with Gasteiger partial charge in [-0.3, -0.25) is 9.52 Å². The lowest BCUT2D eigenvalue weighted by Crippen LogP contribution is -2.35. The monoisotopic (exact) mass is 561 g/mol. The zero-order valence-corrected chi connectivity index (χ0v) is 22.9. The van der Waals surface area contributed by atoms with Gasteiger partial charge < -0.3 is 5.32 Å². The molecule has 0 atom stereocenters. The van der Waals surface area contributed by atoms with Crippen molar-refractivity contribution in [3.05, 3.63) is 82.4 Å². The van der Waals surface area contributed by atoms with Crippen LogP contribution in [-0.2, 0) is 20.0 Å². The zero-order valence-electron chi connectivity index (χ0n) is 20.5. The topological polar surface area (TPSA) is 113 Å². The first-order valence-corrected chi connectivity index (χ1v) is 15.1. The Morgan fingerprint density at radius 3 is 2.22 bits per heavy atom. The first-order valence-electron chi connectivity index (χ1n) is 11.8. The van der Waals surface area contributed by atoms with Crippen molar-refractivity contribution in [1.82, 2.24) is 4.31 Å². The van der Waals surface area contributed by atoms with Crippen molar-refractivity contribution in [2.24, 2.45) is 0 Å². The molecule has 196 valence electrons. The number of piperidine rings is 1. The van der Waals surface area contributed by atoms with Crippen molar-refractivity contribution >= 4 is 48.9 Å². The number of sulfonamides is 2. The van der Waals surface area contributed by atoms with E-state index < -0.39 is 26.0 Å². The lowest BCUT2D eigenvalue weighted by molar-refractivity contribution is 0.102. The number of nitrogens with one attached hydrogen (secondary N) is 2. The molecule has 0 aromatic heterocycles. The van der Waals surface area contributed by atoms with Gasteiger partial charge >= 0.3 is 0 Å². The average Bonchev–Trinajstić information content (AvgIpc) is 2.87. The highest BCUT2D eigenvalue weighted by molar-refractivity contribution is 7.92. The Morgan fingerprint density at radius 2 is 1.54 bits per heavy atom. The summed E-state index contributed by atoms with van der Waals surface area (Å²) in [7, 11) is -7.66. The fourth-order valence-corrected chi connectivity index (χ4v) is 7.23. The van der Waals surface area contributed by atoms with Crippen LogP contribution >= 0.6 is 11.6 Å². The second-order valence-electron chi connectivity index (χ2n) is 9.01. The van der Waals surface area contributed by atoms with E-state index in [2.05, 4.69) is 10.0 Å². The number of hydrogen-bond acceptors (Lipinski definition) is 5. The van der Waals surface area contributed by atoms with Crippen LogP contribution in [0.1, 0.15) is 40.7 Å². The van der Waals surface area contributed by atoms with Crippen molar-refractivity contribution in [2.75, 3.05) is 23.1 Å². The largest absolute Gasteiger partial charge is 0.322 e. The molecule has 1 amide bonds. The SMILES string of the molecule is Cc1ccc(C)c(NS(=O)(=O)c2cc(C(=O)Nc3ccc(S(=O)(=O)N4CCCCC4)cc3)ccc2Cl)c1. The van der Waals surface area contributed by atoms with Gasteiger partial charge in [0.05, 0.1) is 15.6 Å². The first kappa shape index (κ1) is 27.1. The molecule has 0 aliphatic carbocycles. The number of carbonyl (C=O) groups excluding carboxylic acids is 1. The molecular weight excluding hydrogens is 534 g/mol. The van der Waals surface area contributed by atoms with E-state index >= 15 is 0 Å². The molecule has 1 heterocycles. The van der Waals surface area contributed by atoms with Crippen LogP contribution in [0.25, 0.3) is 0 Å². The number of benzene rings is 3. The third-order valence-electron chi connectivity index (χ3n) is 6.19. The second kappa shape index (κ2) is 10.8. The smallest absolute Gasteiger partial charge is 0.263 e. The lowest BCUT2D eigenvalue weighted by Gasteiger charge is -2.25. The maximum atomic E-state index is 13.1. The van der Waals surface area contributed by atoms with Crippen molar-refractivity contribution in [3.63, 3.8) is 0 Å². The molecule has 0 saturated carbocycles. The van der Waals surface area contributed by atoms with E-state index in [0.29, 0.717) is 24.5 Å². The molecular formula is C26H28ClN3O5S2. The van der Waals surface area contributed by atoms with Gasteiger partial charge in [0.2, 0.25) is 10.0 Å². The van der Waals surface area contributed by atoms with Crippen molar-refractivity contribution in [1.29, 1.82) is 0 Å². The van der Waals surface area contributed by atoms with Crippen LogP contribution < -0.4 is 10.0 Å². The summed E-state index contributed by atoms with van der Waals surface area (Å²) in [5.41, 5.74) is 2.50. The summed E-state index contributed by atoms with van der Waals surface area (Å²) < 4.78 is 55.9. The standard InChI is InChI=1S/C26H28ClN3O5S2/c1-18-6-7-19(2)24(16-18)29-36(32,33)25-17-20(8-13-23(25)27)26(31)28-21-9-11-22(12-10-21)37(34,35)30-14-4-3-5-15-30/h6-13,16-17,29H,3-5,14-15H2,1-2H3,(H,28,31). The molecule has 4 rings (SSSR count). The Bertz CT molecular complexity index is 1530. The Kier molecular flexibility index (Phi) is 7.94. The van der Waals surface area contributed by atoms with E-state index in [1.165, 1.54) is 46.8 Å². The molecule has 1 aliphatic heterocycles. The minimum absolute atomic E-state index is 0.0263. The van der Waals surface area contributed by atoms with Crippen molar-refractivity contribution in [2.45, 2.75) is 42.9 Å². The number of hydrogen-bond donors (Lipinski definition) is 2. The Balaban J connectivity index is 1.52. The first-order chi connectivity index (χ1) is 17.5. The molecule has 1 saturated heterocycles. The number of carbonyl (C=O) groups is 1.